The van der Waals surface area contributed by atoms with Crippen LogP contribution in [-0.4, -0.2) is 57.9 Å². The van der Waals surface area contributed by atoms with Gasteiger partial charge >= 0.3 is 6.09 Å². The Labute approximate surface area is 187 Å². The molecule has 2 fully saturated rings. The molecule has 0 bridgehead atoms. The standard InChI is InChI=1S/C13H13ClN2O4.C6H6ClNOS/c14-10-7-9(15-3-5-19-8-12(15)17)1-2-11(10)16-4-6-20-13(16)18;1-8-6(9)4-2-3-5(7)10-4/h1-2,7H,3-6,8H2;2-3H,1H3,(H,8,9). The number of thiophene rings is 1. The van der Waals surface area contributed by atoms with Crippen molar-refractivity contribution in [3.8, 4) is 0 Å². The van der Waals surface area contributed by atoms with Gasteiger partial charge in [0.1, 0.15) is 13.2 Å². The van der Waals surface area contributed by atoms with Gasteiger partial charge in [0.05, 0.1) is 33.1 Å². The number of nitrogens with zero attached hydrogens (tertiary/aromatic N) is 2. The van der Waals surface area contributed by atoms with E-state index in [0.717, 1.165) is 0 Å². The van der Waals surface area contributed by atoms with Crippen LogP contribution in [0.3, 0.4) is 0 Å². The summed E-state index contributed by atoms with van der Waals surface area (Å²) in [5.41, 5.74) is 1.30. The van der Waals surface area contributed by atoms with Gasteiger partial charge in [-0.1, -0.05) is 23.2 Å². The molecular weight excluding hydrogens is 453 g/mol. The predicted octanol–water partition coefficient (Wildman–Crippen LogP) is 3.42. The number of amides is 3. The molecule has 0 spiro atoms. The Hall–Kier alpha value is -2.33. The number of hydrogen-bond acceptors (Lipinski definition) is 6. The summed E-state index contributed by atoms with van der Waals surface area (Å²) in [5.74, 6) is -0.183. The molecule has 3 amide bonds. The van der Waals surface area contributed by atoms with Crippen molar-refractivity contribution in [3.05, 3.63) is 44.6 Å². The molecule has 8 nitrogen and oxygen atoms in total. The Morgan fingerprint density at radius 2 is 1.87 bits per heavy atom. The number of halogens is 2. The van der Waals surface area contributed by atoms with Crippen LogP contribution in [0.1, 0.15) is 9.67 Å². The van der Waals surface area contributed by atoms with Gasteiger partial charge in [0.2, 0.25) is 0 Å². The maximum Gasteiger partial charge on any atom is 0.414 e. The largest absolute Gasteiger partial charge is 0.447 e. The van der Waals surface area contributed by atoms with Crippen LogP contribution in [-0.2, 0) is 14.3 Å². The molecule has 0 saturated carbocycles. The minimum absolute atomic E-state index is 0.0812. The molecule has 1 N–H and O–H groups in total. The minimum Gasteiger partial charge on any atom is -0.447 e. The summed E-state index contributed by atoms with van der Waals surface area (Å²) < 4.78 is 10.6. The van der Waals surface area contributed by atoms with Gasteiger partial charge in [-0.2, -0.15) is 0 Å². The van der Waals surface area contributed by atoms with Crippen LogP contribution in [0.25, 0.3) is 0 Å². The molecule has 0 radical (unpaired) electrons. The van der Waals surface area contributed by atoms with Gasteiger partial charge < -0.3 is 19.7 Å². The van der Waals surface area contributed by atoms with Crippen LogP contribution >= 0.6 is 34.5 Å². The third-order valence-corrected chi connectivity index (χ3v) is 5.84. The van der Waals surface area contributed by atoms with Crippen molar-refractivity contribution in [1.29, 1.82) is 0 Å². The second-order valence-electron chi connectivity index (χ2n) is 6.18. The molecule has 2 aromatic rings. The van der Waals surface area contributed by atoms with Gasteiger partial charge in [0.25, 0.3) is 11.8 Å². The zero-order valence-electron chi connectivity index (χ0n) is 16.0. The number of hydrogen-bond donors (Lipinski definition) is 1. The summed E-state index contributed by atoms with van der Waals surface area (Å²) in [6, 6.07) is 8.59. The Bertz CT molecular complexity index is 952. The zero-order valence-corrected chi connectivity index (χ0v) is 18.4. The molecule has 2 aliphatic rings. The first-order chi connectivity index (χ1) is 14.4. The lowest BCUT2D eigenvalue weighted by Gasteiger charge is -2.27. The highest BCUT2D eigenvalue weighted by molar-refractivity contribution is 7.17. The van der Waals surface area contributed by atoms with Crippen molar-refractivity contribution < 1.29 is 23.9 Å². The van der Waals surface area contributed by atoms with E-state index in [1.165, 1.54) is 16.2 Å². The lowest BCUT2D eigenvalue weighted by Crippen LogP contribution is -2.41. The molecule has 30 heavy (non-hydrogen) atoms. The normalized spacial score (nSPS) is 16.1. The molecule has 0 unspecified atom stereocenters. The topological polar surface area (TPSA) is 88.2 Å². The fraction of sp³-hybridized carbons (Fsp3) is 0.316. The number of morpholine rings is 1. The number of benzene rings is 1. The van der Waals surface area contributed by atoms with E-state index in [9.17, 15) is 14.4 Å². The summed E-state index contributed by atoms with van der Waals surface area (Å²) >= 11 is 13.1. The maximum atomic E-state index is 11.8. The molecule has 11 heteroatoms. The quantitative estimate of drug-likeness (QED) is 0.740. The molecule has 0 atom stereocenters. The number of ether oxygens (including phenoxy) is 2. The minimum atomic E-state index is -0.401. The van der Waals surface area contributed by atoms with E-state index in [4.69, 9.17) is 32.7 Å². The molecule has 160 valence electrons. The Kier molecular flexibility index (Phi) is 7.54. The average molecular weight is 472 g/mol. The van der Waals surface area contributed by atoms with E-state index in [1.807, 2.05) is 0 Å². The third-order valence-electron chi connectivity index (χ3n) is 4.30. The highest BCUT2D eigenvalue weighted by Crippen LogP contribution is 2.32. The summed E-state index contributed by atoms with van der Waals surface area (Å²) in [7, 11) is 1.59. The van der Waals surface area contributed by atoms with Crippen molar-refractivity contribution in [1.82, 2.24) is 5.32 Å². The predicted molar refractivity (Wildman–Crippen MR) is 116 cm³/mol. The Morgan fingerprint density at radius 3 is 2.43 bits per heavy atom. The number of rotatable bonds is 3. The SMILES string of the molecule is CNC(=O)c1ccc(Cl)s1.O=C1COCCN1c1ccc(N2CCOC2=O)c(Cl)c1. The molecule has 0 aliphatic carbocycles. The molecule has 1 aromatic heterocycles. The zero-order chi connectivity index (χ0) is 21.7. The summed E-state index contributed by atoms with van der Waals surface area (Å²) in [6.07, 6.45) is -0.401. The lowest BCUT2D eigenvalue weighted by molar-refractivity contribution is -0.125. The highest BCUT2D eigenvalue weighted by atomic mass is 35.5. The van der Waals surface area contributed by atoms with Crippen LogP contribution in [0.15, 0.2) is 30.3 Å². The third kappa shape index (κ3) is 5.23. The van der Waals surface area contributed by atoms with Crippen molar-refractivity contribution in [2.75, 3.05) is 49.8 Å². The van der Waals surface area contributed by atoms with Gasteiger partial charge in [0, 0.05) is 19.3 Å². The fourth-order valence-corrected chi connectivity index (χ4v) is 4.11. The second-order valence-corrected chi connectivity index (χ2v) is 8.30. The molecule has 1 aromatic carbocycles. The monoisotopic (exact) mass is 471 g/mol. The van der Waals surface area contributed by atoms with E-state index in [2.05, 4.69) is 5.32 Å². The highest BCUT2D eigenvalue weighted by Gasteiger charge is 2.27. The van der Waals surface area contributed by atoms with Gasteiger partial charge in [-0.3, -0.25) is 14.5 Å². The molecule has 3 heterocycles. The van der Waals surface area contributed by atoms with E-state index >= 15 is 0 Å². The summed E-state index contributed by atoms with van der Waals surface area (Å²) in [5, 5.41) is 2.92. The number of nitrogens with one attached hydrogen (secondary N) is 1. The maximum absolute atomic E-state index is 11.8. The van der Waals surface area contributed by atoms with Gasteiger partial charge in [-0.25, -0.2) is 4.79 Å². The molecule has 2 saturated heterocycles. The van der Waals surface area contributed by atoms with E-state index in [0.29, 0.717) is 51.9 Å². The molecular formula is C19H19Cl2N3O5S. The molecule has 2 aliphatic heterocycles. The Morgan fingerprint density at radius 1 is 1.10 bits per heavy atom. The number of carbonyl (C=O) groups excluding carboxylic acids is 3. The van der Waals surface area contributed by atoms with Crippen LogP contribution < -0.4 is 15.1 Å². The molecule has 4 rings (SSSR count). The van der Waals surface area contributed by atoms with Crippen LogP contribution in [0.4, 0.5) is 16.2 Å². The summed E-state index contributed by atoms with van der Waals surface area (Å²) in [6.45, 7) is 1.93. The van der Waals surface area contributed by atoms with Crippen LogP contribution in [0, 0.1) is 0 Å². The van der Waals surface area contributed by atoms with Gasteiger partial charge in [0.15, 0.2) is 0 Å². The van der Waals surface area contributed by atoms with Crippen molar-refractivity contribution in [3.63, 3.8) is 0 Å². The van der Waals surface area contributed by atoms with Crippen molar-refractivity contribution >= 4 is 63.8 Å². The van der Waals surface area contributed by atoms with Gasteiger partial charge in [-0.15, -0.1) is 11.3 Å². The fourth-order valence-electron chi connectivity index (χ4n) is 2.85. The number of anilines is 2. The van der Waals surface area contributed by atoms with Crippen molar-refractivity contribution in [2.24, 2.45) is 0 Å². The van der Waals surface area contributed by atoms with Crippen LogP contribution in [0.5, 0.6) is 0 Å². The van der Waals surface area contributed by atoms with Gasteiger partial charge in [-0.05, 0) is 30.3 Å². The first-order valence-corrected chi connectivity index (χ1v) is 10.6. The van der Waals surface area contributed by atoms with E-state index in [-0.39, 0.29) is 18.4 Å². The smallest absolute Gasteiger partial charge is 0.414 e. The summed E-state index contributed by atoms with van der Waals surface area (Å²) in [4.78, 5) is 37.9. The van der Waals surface area contributed by atoms with Crippen LogP contribution in [0.2, 0.25) is 9.36 Å². The average Bonchev–Trinajstić information content (AvgIpc) is 3.36. The number of cyclic esters (lactones) is 1. The second kappa shape index (κ2) is 10.1. The van der Waals surface area contributed by atoms with Crippen molar-refractivity contribution in [2.45, 2.75) is 0 Å². The van der Waals surface area contributed by atoms with E-state index in [1.54, 1.807) is 42.3 Å². The number of carbonyl (C=O) groups is 3. The van der Waals surface area contributed by atoms with E-state index < -0.39 is 6.09 Å². The first-order valence-electron chi connectivity index (χ1n) is 9.00. The Balaban J connectivity index is 0.000000216. The first kappa shape index (κ1) is 22.4. The lowest BCUT2D eigenvalue weighted by atomic mass is 10.2.